The number of benzene rings is 2. The Bertz CT molecular complexity index is 1120. The minimum atomic E-state index is -0.252. The van der Waals surface area contributed by atoms with E-state index >= 15 is 0 Å². The Balaban J connectivity index is 1.59. The van der Waals surface area contributed by atoms with Gasteiger partial charge in [-0.25, -0.2) is 10.1 Å². The molecule has 1 unspecified atom stereocenters. The highest BCUT2D eigenvalue weighted by molar-refractivity contribution is 8.00. The summed E-state index contributed by atoms with van der Waals surface area (Å²) >= 11 is 1.44. The first-order valence-corrected chi connectivity index (χ1v) is 9.85. The van der Waals surface area contributed by atoms with Gasteiger partial charge in [0.15, 0.2) is 10.9 Å². The van der Waals surface area contributed by atoms with Gasteiger partial charge in [-0.05, 0) is 30.0 Å². The smallest absolute Gasteiger partial charge is 0.231 e. The summed E-state index contributed by atoms with van der Waals surface area (Å²) in [6.45, 7) is 8.42. The monoisotopic (exact) mass is 378 g/mol. The molecule has 0 aliphatic heterocycles. The number of hydrogen-bond acceptors (Lipinski definition) is 4. The van der Waals surface area contributed by atoms with Crippen LogP contribution in [0.2, 0.25) is 0 Å². The van der Waals surface area contributed by atoms with Crippen molar-refractivity contribution in [1.82, 2.24) is 19.6 Å². The first-order chi connectivity index (χ1) is 12.8. The molecule has 138 valence electrons. The highest BCUT2D eigenvalue weighted by Crippen LogP contribution is 2.28. The summed E-state index contributed by atoms with van der Waals surface area (Å²) in [5, 5.41) is 7.80. The second kappa shape index (κ2) is 6.53. The second-order valence-electron chi connectivity index (χ2n) is 7.72. The molecule has 2 aromatic heterocycles. The zero-order valence-electron chi connectivity index (χ0n) is 15.9. The van der Waals surface area contributed by atoms with Gasteiger partial charge in [0.2, 0.25) is 5.78 Å². The number of hydrogen-bond donors (Lipinski definition) is 1. The summed E-state index contributed by atoms with van der Waals surface area (Å²) in [6, 6.07) is 15.8. The molecular weight excluding hydrogens is 356 g/mol. The molecule has 2 aromatic carbocycles. The molecule has 1 atom stereocenters. The molecule has 0 bridgehead atoms. The number of rotatable bonds is 4. The van der Waals surface area contributed by atoms with Gasteiger partial charge >= 0.3 is 0 Å². The van der Waals surface area contributed by atoms with Crippen LogP contribution in [0.5, 0.6) is 0 Å². The van der Waals surface area contributed by atoms with Crippen molar-refractivity contribution in [1.29, 1.82) is 0 Å². The summed E-state index contributed by atoms with van der Waals surface area (Å²) in [6.07, 6.45) is 0. The van der Waals surface area contributed by atoms with Crippen LogP contribution in [-0.2, 0) is 5.41 Å². The van der Waals surface area contributed by atoms with Gasteiger partial charge in [-0.3, -0.25) is 9.20 Å². The number of carbonyl (C=O) groups excluding carboxylic acids is 1. The van der Waals surface area contributed by atoms with Crippen LogP contribution in [0.1, 0.15) is 43.6 Å². The van der Waals surface area contributed by atoms with Crippen molar-refractivity contribution in [2.75, 3.05) is 0 Å². The van der Waals surface area contributed by atoms with E-state index in [0.29, 0.717) is 5.78 Å². The first-order valence-electron chi connectivity index (χ1n) is 8.97. The van der Waals surface area contributed by atoms with E-state index in [1.165, 1.54) is 17.3 Å². The number of H-pyrrole nitrogens is 1. The minimum absolute atomic E-state index is 0.0745. The number of para-hydroxylation sites is 2. The van der Waals surface area contributed by atoms with E-state index in [1.54, 1.807) is 0 Å². The van der Waals surface area contributed by atoms with Gasteiger partial charge in [0.05, 0.1) is 16.3 Å². The largest absolute Gasteiger partial charge is 0.293 e. The van der Waals surface area contributed by atoms with Crippen molar-refractivity contribution in [3.8, 4) is 0 Å². The lowest BCUT2D eigenvalue weighted by atomic mass is 9.86. The number of aromatic nitrogens is 4. The van der Waals surface area contributed by atoms with Crippen LogP contribution in [0.3, 0.4) is 0 Å². The molecule has 27 heavy (non-hydrogen) atoms. The van der Waals surface area contributed by atoms with E-state index < -0.39 is 0 Å². The molecule has 1 N–H and O–H groups in total. The van der Waals surface area contributed by atoms with Crippen LogP contribution in [0.25, 0.3) is 16.8 Å². The molecule has 0 saturated carbocycles. The maximum absolute atomic E-state index is 12.9. The van der Waals surface area contributed by atoms with Crippen molar-refractivity contribution in [3.63, 3.8) is 0 Å². The number of nitrogens with zero attached hydrogens (tertiary/aromatic N) is 3. The molecule has 0 aliphatic rings. The molecule has 0 spiro atoms. The van der Waals surface area contributed by atoms with Gasteiger partial charge in [-0.15, -0.1) is 5.10 Å². The fraction of sp³-hybridized carbons (Fsp3) is 0.286. The quantitative estimate of drug-likeness (QED) is 0.406. The Hall–Kier alpha value is -2.60. The highest BCUT2D eigenvalue weighted by Gasteiger charge is 2.21. The molecule has 0 aliphatic carbocycles. The lowest BCUT2D eigenvalue weighted by Gasteiger charge is -2.19. The van der Waals surface area contributed by atoms with Crippen LogP contribution in [0, 0.1) is 0 Å². The first kappa shape index (κ1) is 17.8. The van der Waals surface area contributed by atoms with E-state index in [2.05, 4.69) is 36.0 Å². The van der Waals surface area contributed by atoms with Crippen LogP contribution >= 0.6 is 11.8 Å². The lowest BCUT2D eigenvalue weighted by Crippen LogP contribution is -2.15. The third-order valence-corrected chi connectivity index (χ3v) is 5.74. The zero-order chi connectivity index (χ0) is 19.2. The van der Waals surface area contributed by atoms with Gasteiger partial charge in [0.25, 0.3) is 0 Å². The standard InChI is InChI=1S/C21H22N4OS/c1-13(18(26)14-9-11-15(12-10-14)21(2,3)4)27-20-24-23-19-22-16-7-5-6-8-17(16)25(19)20/h5-13H,1-4H3,(H,22,23). The minimum Gasteiger partial charge on any atom is -0.293 e. The average Bonchev–Trinajstić information content (AvgIpc) is 3.20. The molecular formula is C21H22N4OS. The van der Waals surface area contributed by atoms with Crippen molar-refractivity contribution < 1.29 is 4.79 Å². The molecule has 4 aromatic rings. The Morgan fingerprint density at radius 2 is 1.81 bits per heavy atom. The van der Waals surface area contributed by atoms with Gasteiger partial charge in [0, 0.05) is 5.56 Å². The molecule has 5 nitrogen and oxygen atoms in total. The zero-order valence-corrected chi connectivity index (χ0v) is 16.7. The highest BCUT2D eigenvalue weighted by atomic mass is 32.2. The van der Waals surface area contributed by atoms with Crippen molar-refractivity contribution in [2.24, 2.45) is 0 Å². The van der Waals surface area contributed by atoms with Crippen LogP contribution in [0.15, 0.2) is 53.7 Å². The number of imidazole rings is 1. The van der Waals surface area contributed by atoms with E-state index in [9.17, 15) is 4.79 Å². The topological polar surface area (TPSA) is 63.1 Å². The maximum Gasteiger partial charge on any atom is 0.231 e. The average molecular weight is 379 g/mol. The van der Waals surface area contributed by atoms with E-state index in [1.807, 2.05) is 59.9 Å². The Labute approximate surface area is 162 Å². The molecule has 6 heteroatoms. The van der Waals surface area contributed by atoms with Crippen molar-refractivity contribution >= 4 is 34.4 Å². The number of Topliss-reactive ketones (excluding diaryl/α,β-unsaturated/α-hetero) is 1. The Morgan fingerprint density at radius 3 is 2.52 bits per heavy atom. The van der Waals surface area contributed by atoms with Gasteiger partial charge in [-0.1, -0.05) is 68.9 Å². The fourth-order valence-corrected chi connectivity index (χ4v) is 4.05. The van der Waals surface area contributed by atoms with E-state index in [0.717, 1.165) is 21.8 Å². The maximum atomic E-state index is 12.9. The number of thioether (sulfide) groups is 1. The summed E-state index contributed by atoms with van der Waals surface area (Å²) in [4.78, 5) is 17.4. The SMILES string of the molecule is CC(Sc1n[nH]c2nc3ccccc3n12)C(=O)c1ccc(C(C)(C)C)cc1. The lowest BCUT2D eigenvalue weighted by molar-refractivity contribution is 0.0994. The molecule has 4 rings (SSSR count). The van der Waals surface area contributed by atoms with E-state index in [-0.39, 0.29) is 16.4 Å². The predicted molar refractivity (Wildman–Crippen MR) is 110 cm³/mol. The van der Waals surface area contributed by atoms with Crippen LogP contribution in [-0.4, -0.2) is 30.6 Å². The Kier molecular flexibility index (Phi) is 4.30. The van der Waals surface area contributed by atoms with Gasteiger partial charge in [-0.2, -0.15) is 0 Å². The normalized spacial score (nSPS) is 13.3. The summed E-state index contributed by atoms with van der Waals surface area (Å²) in [5.41, 5.74) is 3.91. The van der Waals surface area contributed by atoms with Gasteiger partial charge in [0.1, 0.15) is 0 Å². The van der Waals surface area contributed by atoms with Crippen LogP contribution < -0.4 is 0 Å². The fourth-order valence-electron chi connectivity index (χ4n) is 3.10. The molecule has 0 radical (unpaired) electrons. The number of ketones is 1. The molecule has 0 amide bonds. The number of carbonyl (C=O) groups is 1. The number of fused-ring (bicyclic) bond motifs is 3. The predicted octanol–water partition coefficient (Wildman–Crippen LogP) is 4.87. The molecule has 2 heterocycles. The Morgan fingerprint density at radius 1 is 1.11 bits per heavy atom. The van der Waals surface area contributed by atoms with Crippen molar-refractivity contribution in [3.05, 3.63) is 59.7 Å². The third kappa shape index (κ3) is 3.25. The number of aromatic amines is 1. The summed E-state index contributed by atoms with van der Waals surface area (Å²) in [7, 11) is 0. The van der Waals surface area contributed by atoms with Crippen molar-refractivity contribution in [2.45, 2.75) is 43.5 Å². The van der Waals surface area contributed by atoms with Crippen LogP contribution in [0.4, 0.5) is 0 Å². The molecule has 0 fully saturated rings. The number of nitrogens with one attached hydrogen (secondary N) is 1. The summed E-state index contributed by atoms with van der Waals surface area (Å²) in [5.74, 6) is 0.786. The second-order valence-corrected chi connectivity index (χ2v) is 9.03. The molecule has 0 saturated heterocycles. The third-order valence-electron chi connectivity index (χ3n) is 4.69. The summed E-state index contributed by atoms with van der Waals surface area (Å²) < 4.78 is 1.96. The van der Waals surface area contributed by atoms with Gasteiger partial charge < -0.3 is 0 Å². The van der Waals surface area contributed by atoms with E-state index in [4.69, 9.17) is 0 Å².